The zero-order chi connectivity index (χ0) is 23.8. The first kappa shape index (κ1) is 22.2. The Morgan fingerprint density at radius 1 is 1.11 bits per heavy atom. The molecule has 3 aromatic rings. The Bertz CT molecular complexity index is 1300. The standard InChI is InChI=1S/C25H28FN5O4/c26-19-11-29-20-3-4-23(32)31-18(15-35-25(19)24(20)31)14-30-5-1-2-16(13-30)9-27-10-17-8-21-22(12-28-17)34-7-6-33-21/h3-4,8,11-12,16,18,27H,1-2,5-7,9-10,13-15H2/t16?,18-/m1/s1. The van der Waals surface area contributed by atoms with Crippen LogP contribution < -0.4 is 25.1 Å². The Kier molecular flexibility index (Phi) is 5.99. The molecule has 1 unspecified atom stereocenters. The molecule has 0 amide bonds. The van der Waals surface area contributed by atoms with Crippen molar-refractivity contribution in [3.63, 3.8) is 0 Å². The van der Waals surface area contributed by atoms with E-state index in [0.29, 0.717) is 49.0 Å². The molecule has 10 heteroatoms. The number of pyridine rings is 3. The molecule has 184 valence electrons. The number of likely N-dealkylation sites (tertiary alicyclic amines) is 1. The van der Waals surface area contributed by atoms with E-state index in [1.54, 1.807) is 16.8 Å². The summed E-state index contributed by atoms with van der Waals surface area (Å²) >= 11 is 0. The Morgan fingerprint density at radius 3 is 2.91 bits per heavy atom. The second-order valence-corrected chi connectivity index (χ2v) is 9.39. The van der Waals surface area contributed by atoms with Crippen LogP contribution in [-0.4, -0.2) is 65.4 Å². The molecule has 2 atom stereocenters. The number of fused-ring (bicyclic) bond motifs is 1. The molecule has 6 rings (SSSR count). The lowest BCUT2D eigenvalue weighted by atomic mass is 9.97. The van der Waals surface area contributed by atoms with Gasteiger partial charge in [0.25, 0.3) is 5.56 Å². The fraction of sp³-hybridized carbons (Fsp3) is 0.480. The number of nitrogens with one attached hydrogen (secondary N) is 1. The number of aromatic nitrogens is 3. The molecule has 3 aromatic heterocycles. The molecule has 0 spiro atoms. The van der Waals surface area contributed by atoms with Crippen LogP contribution in [0.2, 0.25) is 0 Å². The van der Waals surface area contributed by atoms with Crippen LogP contribution in [0.4, 0.5) is 4.39 Å². The summed E-state index contributed by atoms with van der Waals surface area (Å²) in [6.07, 6.45) is 5.11. The summed E-state index contributed by atoms with van der Waals surface area (Å²) in [6, 6.07) is 4.88. The molecule has 1 N–H and O–H groups in total. The van der Waals surface area contributed by atoms with Gasteiger partial charge in [-0.05, 0) is 37.9 Å². The summed E-state index contributed by atoms with van der Waals surface area (Å²) in [5.41, 5.74) is 1.80. The van der Waals surface area contributed by atoms with Crippen LogP contribution in [0, 0.1) is 11.7 Å². The van der Waals surface area contributed by atoms with Gasteiger partial charge in [-0.15, -0.1) is 0 Å². The van der Waals surface area contributed by atoms with Crippen LogP contribution in [0.15, 0.2) is 35.4 Å². The van der Waals surface area contributed by atoms with Crippen LogP contribution in [0.1, 0.15) is 24.6 Å². The molecule has 3 aliphatic rings. The first-order chi connectivity index (χ1) is 17.2. The van der Waals surface area contributed by atoms with Gasteiger partial charge in [-0.1, -0.05) is 0 Å². The first-order valence-electron chi connectivity index (χ1n) is 12.2. The first-order valence-corrected chi connectivity index (χ1v) is 12.2. The molecule has 9 nitrogen and oxygen atoms in total. The third kappa shape index (κ3) is 4.43. The molecule has 0 aliphatic carbocycles. The average molecular weight is 482 g/mol. The van der Waals surface area contributed by atoms with Crippen molar-refractivity contribution in [2.45, 2.75) is 25.4 Å². The molecular weight excluding hydrogens is 453 g/mol. The van der Waals surface area contributed by atoms with Gasteiger partial charge in [0.15, 0.2) is 23.1 Å². The van der Waals surface area contributed by atoms with Gasteiger partial charge >= 0.3 is 0 Å². The number of nitrogens with zero attached hydrogens (tertiary/aromatic N) is 4. The van der Waals surface area contributed by atoms with Crippen molar-refractivity contribution in [1.82, 2.24) is 24.8 Å². The van der Waals surface area contributed by atoms with Gasteiger partial charge < -0.3 is 24.4 Å². The van der Waals surface area contributed by atoms with Gasteiger partial charge in [0, 0.05) is 31.8 Å². The third-order valence-corrected chi connectivity index (χ3v) is 6.94. The molecule has 0 saturated carbocycles. The van der Waals surface area contributed by atoms with E-state index >= 15 is 0 Å². The quantitative estimate of drug-likeness (QED) is 0.573. The minimum atomic E-state index is -0.535. The van der Waals surface area contributed by atoms with E-state index in [9.17, 15) is 9.18 Å². The van der Waals surface area contributed by atoms with E-state index in [2.05, 4.69) is 20.2 Å². The highest BCUT2D eigenvalue weighted by Crippen LogP contribution is 2.33. The number of hydrogen-bond donors (Lipinski definition) is 1. The van der Waals surface area contributed by atoms with Crippen molar-refractivity contribution in [3.05, 3.63) is 52.5 Å². The van der Waals surface area contributed by atoms with E-state index in [4.69, 9.17) is 14.2 Å². The Morgan fingerprint density at radius 2 is 2.00 bits per heavy atom. The predicted molar refractivity (Wildman–Crippen MR) is 127 cm³/mol. The SMILES string of the molecule is O=c1ccc2ncc(F)c3c2n1[C@H](CN1CCCC(CNCc2cc4c(cn2)OCCO4)C1)CO3. The maximum atomic E-state index is 14.3. The Labute approximate surface area is 201 Å². The molecule has 35 heavy (non-hydrogen) atoms. The maximum Gasteiger partial charge on any atom is 0.251 e. The number of rotatable bonds is 6. The van der Waals surface area contributed by atoms with Crippen LogP contribution in [0.25, 0.3) is 11.0 Å². The van der Waals surface area contributed by atoms with Crippen molar-refractivity contribution in [3.8, 4) is 17.2 Å². The van der Waals surface area contributed by atoms with E-state index in [-0.39, 0.29) is 24.0 Å². The highest BCUT2D eigenvalue weighted by Gasteiger charge is 2.30. The molecule has 1 saturated heterocycles. The zero-order valence-electron chi connectivity index (χ0n) is 19.4. The molecule has 0 bridgehead atoms. The number of ether oxygens (including phenoxy) is 3. The summed E-state index contributed by atoms with van der Waals surface area (Å²) in [5.74, 6) is 1.53. The highest BCUT2D eigenvalue weighted by atomic mass is 19.1. The Balaban J connectivity index is 1.09. The van der Waals surface area contributed by atoms with Gasteiger partial charge in [0.1, 0.15) is 25.3 Å². The van der Waals surface area contributed by atoms with Crippen LogP contribution in [-0.2, 0) is 6.54 Å². The summed E-state index contributed by atoms with van der Waals surface area (Å²) in [4.78, 5) is 23.7. The third-order valence-electron chi connectivity index (χ3n) is 6.94. The second-order valence-electron chi connectivity index (χ2n) is 9.39. The van der Waals surface area contributed by atoms with Gasteiger partial charge in [-0.3, -0.25) is 19.3 Å². The van der Waals surface area contributed by atoms with Crippen molar-refractivity contribution >= 4 is 11.0 Å². The monoisotopic (exact) mass is 481 g/mol. The minimum Gasteiger partial charge on any atom is -0.486 e. The second kappa shape index (κ2) is 9.43. The van der Waals surface area contributed by atoms with Crippen molar-refractivity contribution in [1.29, 1.82) is 0 Å². The lowest BCUT2D eigenvalue weighted by Crippen LogP contribution is -2.45. The summed E-state index contributed by atoms with van der Waals surface area (Å²) in [5, 5.41) is 3.53. The normalized spacial score (nSPS) is 21.6. The molecule has 3 aliphatic heterocycles. The zero-order valence-corrected chi connectivity index (χ0v) is 19.4. The van der Waals surface area contributed by atoms with E-state index in [1.165, 1.54) is 6.07 Å². The average Bonchev–Trinajstić information content (AvgIpc) is 2.88. The molecular formula is C25H28FN5O4. The molecule has 1 fully saturated rings. The van der Waals surface area contributed by atoms with Crippen LogP contribution >= 0.6 is 0 Å². The summed E-state index contributed by atoms with van der Waals surface area (Å²) < 4.78 is 32.9. The number of piperidine rings is 1. The van der Waals surface area contributed by atoms with E-state index in [1.807, 2.05) is 6.07 Å². The van der Waals surface area contributed by atoms with Gasteiger partial charge in [0.2, 0.25) is 0 Å². The van der Waals surface area contributed by atoms with Gasteiger partial charge in [-0.25, -0.2) is 4.39 Å². The highest BCUT2D eigenvalue weighted by molar-refractivity contribution is 5.82. The predicted octanol–water partition coefficient (Wildman–Crippen LogP) is 2.14. The minimum absolute atomic E-state index is 0.123. The summed E-state index contributed by atoms with van der Waals surface area (Å²) in [6.45, 7) is 5.49. The lowest BCUT2D eigenvalue weighted by Gasteiger charge is -2.37. The largest absolute Gasteiger partial charge is 0.486 e. The molecule has 0 aromatic carbocycles. The van der Waals surface area contributed by atoms with Crippen molar-refractivity contribution in [2.24, 2.45) is 5.92 Å². The lowest BCUT2D eigenvalue weighted by molar-refractivity contribution is 0.123. The fourth-order valence-electron chi connectivity index (χ4n) is 5.33. The smallest absolute Gasteiger partial charge is 0.251 e. The van der Waals surface area contributed by atoms with Crippen LogP contribution in [0.3, 0.4) is 0 Å². The Hall–Kier alpha value is -3.24. The van der Waals surface area contributed by atoms with Crippen molar-refractivity contribution < 1.29 is 18.6 Å². The molecule has 0 radical (unpaired) electrons. The van der Waals surface area contributed by atoms with Crippen molar-refractivity contribution in [2.75, 3.05) is 46.0 Å². The molecule has 6 heterocycles. The topological polar surface area (TPSA) is 90.7 Å². The number of halogens is 1. The fourth-order valence-corrected chi connectivity index (χ4v) is 5.33. The van der Waals surface area contributed by atoms with Gasteiger partial charge in [-0.2, -0.15) is 0 Å². The number of hydrogen-bond acceptors (Lipinski definition) is 8. The van der Waals surface area contributed by atoms with Crippen LogP contribution in [0.5, 0.6) is 17.2 Å². The maximum absolute atomic E-state index is 14.3. The summed E-state index contributed by atoms with van der Waals surface area (Å²) in [7, 11) is 0. The van der Waals surface area contributed by atoms with E-state index in [0.717, 1.165) is 50.1 Å². The van der Waals surface area contributed by atoms with E-state index < -0.39 is 5.82 Å². The van der Waals surface area contributed by atoms with Gasteiger partial charge in [0.05, 0.1) is 29.6 Å².